The molecule has 10 nitrogen and oxygen atoms in total. The summed E-state index contributed by atoms with van der Waals surface area (Å²) in [5.41, 5.74) is 3.70. The van der Waals surface area contributed by atoms with Crippen LogP contribution in [-0.4, -0.2) is 42.3 Å². The first-order valence-electron chi connectivity index (χ1n) is 14.0. The molecule has 0 amide bonds. The minimum Gasteiger partial charge on any atom is -0.478 e. The predicted molar refractivity (Wildman–Crippen MR) is 168 cm³/mol. The Hall–Kier alpha value is -5.61. The fraction of sp³-hybridized carbons (Fsp3) is 0.118. The van der Waals surface area contributed by atoms with Crippen LogP contribution in [0, 0.1) is 0 Å². The van der Waals surface area contributed by atoms with E-state index >= 15 is 0 Å². The summed E-state index contributed by atoms with van der Waals surface area (Å²) < 4.78 is 11.4. The number of benzene rings is 3. The zero-order valence-electron chi connectivity index (χ0n) is 24.1. The van der Waals surface area contributed by atoms with Gasteiger partial charge in [0.2, 0.25) is 17.7 Å². The minimum absolute atomic E-state index is 0.0944. The van der Waals surface area contributed by atoms with E-state index < -0.39 is 11.9 Å². The summed E-state index contributed by atoms with van der Waals surface area (Å²) in [6.07, 6.45) is 7.50. The van der Waals surface area contributed by atoms with Crippen molar-refractivity contribution in [2.24, 2.45) is 0 Å². The van der Waals surface area contributed by atoms with Gasteiger partial charge in [-0.3, -0.25) is 4.98 Å². The summed E-state index contributed by atoms with van der Waals surface area (Å²) in [5, 5.41) is 26.9. The molecule has 0 unspecified atom stereocenters. The Morgan fingerprint density at radius 3 is 2.20 bits per heavy atom. The van der Waals surface area contributed by atoms with Gasteiger partial charge in [0.15, 0.2) is 5.76 Å². The number of rotatable bonds is 9. The van der Waals surface area contributed by atoms with Crippen LogP contribution in [-0.2, 0) is 6.42 Å². The summed E-state index contributed by atoms with van der Waals surface area (Å²) >= 11 is 5.86. The number of aromatic carboxylic acids is 2. The standard InChI is InChI=1S/C20H19NO3.C14H8ClN3O3/c1-2-3-8-15-11-7-12-16(20(22)23)18(15)19-21-13-17(24-19)14-9-5-4-6-10-14;15-9-5-8(6-16-7-9)12-17-18-13(21-12)10-3-1-2-4-11(10)14(19)20/h4-7,9-13H,2-3,8H2,1H3,(H,22,23);1-7H,(H,19,20). The molecule has 3 aromatic heterocycles. The molecule has 45 heavy (non-hydrogen) atoms. The molecule has 226 valence electrons. The van der Waals surface area contributed by atoms with Gasteiger partial charge in [0.25, 0.3) is 0 Å². The first-order valence-corrected chi connectivity index (χ1v) is 14.4. The molecular weight excluding hydrogens is 596 g/mol. The second-order valence-electron chi connectivity index (χ2n) is 9.80. The summed E-state index contributed by atoms with van der Waals surface area (Å²) in [7, 11) is 0. The fourth-order valence-electron chi connectivity index (χ4n) is 4.57. The van der Waals surface area contributed by atoms with Gasteiger partial charge in [-0.1, -0.05) is 79.5 Å². The average Bonchev–Trinajstić information content (AvgIpc) is 3.75. The van der Waals surface area contributed by atoms with Crippen LogP contribution in [0.3, 0.4) is 0 Å². The molecule has 0 bridgehead atoms. The van der Waals surface area contributed by atoms with Crippen LogP contribution >= 0.6 is 11.6 Å². The van der Waals surface area contributed by atoms with Gasteiger partial charge < -0.3 is 19.0 Å². The van der Waals surface area contributed by atoms with E-state index in [9.17, 15) is 14.7 Å². The van der Waals surface area contributed by atoms with Crippen LogP contribution in [0.15, 0.2) is 106 Å². The van der Waals surface area contributed by atoms with Crippen molar-refractivity contribution in [2.45, 2.75) is 26.2 Å². The average molecular weight is 623 g/mol. The summed E-state index contributed by atoms with van der Waals surface area (Å²) in [6.45, 7) is 2.11. The Labute approximate surface area is 263 Å². The number of oxazole rings is 1. The topological polar surface area (TPSA) is 152 Å². The Bertz CT molecular complexity index is 1940. The van der Waals surface area contributed by atoms with Crippen molar-refractivity contribution in [3.63, 3.8) is 0 Å². The third-order valence-corrected chi connectivity index (χ3v) is 6.93. The second-order valence-corrected chi connectivity index (χ2v) is 10.2. The van der Waals surface area contributed by atoms with Gasteiger partial charge in [-0.2, -0.15) is 0 Å². The van der Waals surface area contributed by atoms with Gasteiger partial charge >= 0.3 is 11.9 Å². The highest BCUT2D eigenvalue weighted by molar-refractivity contribution is 6.30. The maximum absolute atomic E-state index is 11.6. The zero-order chi connectivity index (χ0) is 31.8. The van der Waals surface area contributed by atoms with Crippen LogP contribution in [0.25, 0.3) is 45.7 Å². The van der Waals surface area contributed by atoms with Gasteiger partial charge in [0.05, 0.1) is 39.0 Å². The molecule has 3 aromatic carbocycles. The molecule has 0 aliphatic rings. The smallest absolute Gasteiger partial charge is 0.336 e. The lowest BCUT2D eigenvalue weighted by Crippen LogP contribution is -2.03. The van der Waals surface area contributed by atoms with Crippen molar-refractivity contribution in [3.8, 4) is 45.7 Å². The molecule has 2 N–H and O–H groups in total. The Balaban J connectivity index is 0.000000179. The number of hydrogen-bond acceptors (Lipinski definition) is 8. The number of hydrogen-bond donors (Lipinski definition) is 2. The zero-order valence-corrected chi connectivity index (χ0v) is 24.8. The molecule has 6 aromatic rings. The van der Waals surface area contributed by atoms with Crippen molar-refractivity contribution >= 4 is 23.5 Å². The SMILES string of the molecule is CCCCc1cccc(C(=O)O)c1-c1ncc(-c2ccccc2)o1.O=C(O)c1ccccc1-c1nnc(-c2cncc(Cl)c2)o1. The molecule has 0 fully saturated rings. The molecule has 0 aliphatic heterocycles. The third-order valence-electron chi connectivity index (χ3n) is 6.72. The normalized spacial score (nSPS) is 10.6. The molecule has 0 spiro atoms. The van der Waals surface area contributed by atoms with Crippen molar-refractivity contribution in [3.05, 3.63) is 119 Å². The van der Waals surface area contributed by atoms with Crippen molar-refractivity contribution in [2.75, 3.05) is 0 Å². The lowest BCUT2D eigenvalue weighted by atomic mass is 9.97. The van der Waals surface area contributed by atoms with E-state index in [4.69, 9.17) is 25.5 Å². The summed E-state index contributed by atoms with van der Waals surface area (Å²) in [5.74, 6) is -0.689. The molecule has 6 rings (SSSR count). The van der Waals surface area contributed by atoms with Gasteiger partial charge in [0.1, 0.15) is 0 Å². The number of carbonyl (C=O) groups is 2. The summed E-state index contributed by atoms with van der Waals surface area (Å²) in [4.78, 5) is 31.1. The Kier molecular flexibility index (Phi) is 9.76. The molecule has 3 heterocycles. The molecule has 11 heteroatoms. The number of carboxylic acid groups (broad SMARTS) is 2. The molecule has 0 aliphatic carbocycles. The number of aryl methyl sites for hydroxylation is 1. The van der Waals surface area contributed by atoms with E-state index in [1.807, 2.05) is 36.4 Å². The number of halogens is 1. The van der Waals surface area contributed by atoms with Crippen LogP contribution in [0.4, 0.5) is 0 Å². The van der Waals surface area contributed by atoms with Gasteiger partial charge in [-0.05, 0) is 42.7 Å². The van der Waals surface area contributed by atoms with Crippen molar-refractivity contribution in [1.82, 2.24) is 20.2 Å². The van der Waals surface area contributed by atoms with Gasteiger partial charge in [-0.25, -0.2) is 14.6 Å². The first kappa shape index (κ1) is 30.8. The summed E-state index contributed by atoms with van der Waals surface area (Å²) in [6, 6.07) is 23.0. The van der Waals surface area contributed by atoms with Crippen molar-refractivity contribution in [1.29, 1.82) is 0 Å². The second kappa shape index (κ2) is 14.2. The third kappa shape index (κ3) is 7.31. The van der Waals surface area contributed by atoms with Crippen LogP contribution < -0.4 is 0 Å². The molecular formula is C34H27ClN4O6. The number of aromatic nitrogens is 4. The maximum Gasteiger partial charge on any atom is 0.336 e. The highest BCUT2D eigenvalue weighted by Gasteiger charge is 2.20. The van der Waals surface area contributed by atoms with E-state index in [-0.39, 0.29) is 22.9 Å². The predicted octanol–water partition coefficient (Wildman–Crippen LogP) is 8.20. The van der Waals surface area contributed by atoms with E-state index in [1.165, 1.54) is 18.5 Å². The highest BCUT2D eigenvalue weighted by Crippen LogP contribution is 2.32. The molecule has 0 radical (unpaired) electrons. The first-order chi connectivity index (χ1) is 21.9. The minimum atomic E-state index is -1.06. The quantitative estimate of drug-likeness (QED) is 0.161. The molecule has 0 saturated carbocycles. The lowest BCUT2D eigenvalue weighted by Gasteiger charge is -2.09. The molecule has 0 atom stereocenters. The van der Waals surface area contributed by atoms with E-state index in [2.05, 4.69) is 27.1 Å². The number of unbranched alkanes of at least 4 members (excludes halogenated alkanes) is 1. The number of pyridine rings is 1. The van der Waals surface area contributed by atoms with E-state index in [0.717, 1.165) is 30.4 Å². The Morgan fingerprint density at radius 1 is 0.756 bits per heavy atom. The van der Waals surface area contributed by atoms with Crippen LogP contribution in [0.1, 0.15) is 46.0 Å². The molecule has 0 saturated heterocycles. The Morgan fingerprint density at radius 2 is 1.47 bits per heavy atom. The number of carboxylic acids is 2. The fourth-order valence-corrected chi connectivity index (χ4v) is 4.74. The largest absolute Gasteiger partial charge is 0.478 e. The van der Waals surface area contributed by atoms with Crippen LogP contribution in [0.2, 0.25) is 5.02 Å². The number of nitrogens with zero attached hydrogens (tertiary/aromatic N) is 4. The lowest BCUT2D eigenvalue weighted by molar-refractivity contribution is 0.0686. The van der Waals surface area contributed by atoms with E-state index in [1.54, 1.807) is 42.6 Å². The van der Waals surface area contributed by atoms with Gasteiger partial charge in [-0.15, -0.1) is 10.2 Å². The maximum atomic E-state index is 11.6. The van der Waals surface area contributed by atoms with E-state index in [0.29, 0.717) is 33.4 Å². The highest BCUT2D eigenvalue weighted by atomic mass is 35.5. The van der Waals surface area contributed by atoms with Crippen LogP contribution in [0.5, 0.6) is 0 Å². The van der Waals surface area contributed by atoms with Gasteiger partial charge in [0, 0.05) is 18.0 Å². The monoisotopic (exact) mass is 622 g/mol. The van der Waals surface area contributed by atoms with Crippen molar-refractivity contribution < 1.29 is 28.6 Å².